The van der Waals surface area contributed by atoms with Crippen molar-refractivity contribution in [1.82, 2.24) is 24.7 Å². The van der Waals surface area contributed by atoms with Crippen LogP contribution in [0.1, 0.15) is 42.8 Å². The normalized spacial score (nSPS) is 12.5. The van der Waals surface area contributed by atoms with Crippen LogP contribution in [0.3, 0.4) is 0 Å². The number of nitrogens with zero attached hydrogens (tertiary/aromatic N) is 6. The number of aliphatic imine (C=N–C) groups is 1. The Kier molecular flexibility index (Phi) is 13.6. The first kappa shape index (κ1) is 38.9. The molecule has 4 aromatic rings. The highest BCUT2D eigenvalue weighted by molar-refractivity contribution is 8.13. The van der Waals surface area contributed by atoms with Crippen molar-refractivity contribution in [3.63, 3.8) is 0 Å². The smallest absolute Gasteiger partial charge is 0.419 e. The Bertz CT molecular complexity index is 1940. The molecule has 0 aliphatic carbocycles. The van der Waals surface area contributed by atoms with Crippen LogP contribution in [-0.4, -0.2) is 77.0 Å². The van der Waals surface area contributed by atoms with E-state index in [2.05, 4.69) is 10.3 Å². The summed E-state index contributed by atoms with van der Waals surface area (Å²) in [6, 6.07) is 15.4. The zero-order chi connectivity index (χ0) is 37.1. The first-order chi connectivity index (χ1) is 24.4. The Morgan fingerprint density at radius 1 is 1.12 bits per heavy atom. The molecule has 15 heteroatoms. The predicted octanol–water partition coefficient (Wildman–Crippen LogP) is 6.19. The van der Waals surface area contributed by atoms with E-state index >= 15 is 0 Å². The number of alkyl halides is 3. The van der Waals surface area contributed by atoms with Crippen LogP contribution < -0.4 is 15.6 Å². The maximum atomic E-state index is 14.6. The molecule has 0 spiro atoms. The number of hydrogen-bond donors (Lipinski definition) is 1. The third kappa shape index (κ3) is 10.1. The van der Waals surface area contributed by atoms with Gasteiger partial charge in [0.1, 0.15) is 17.4 Å². The molecular formula is C36H39F4N7O3S. The number of thioether (sulfide) groups is 1. The van der Waals surface area contributed by atoms with Crippen LogP contribution in [0.25, 0.3) is 16.6 Å². The van der Waals surface area contributed by atoms with Gasteiger partial charge in [0.2, 0.25) is 5.91 Å². The second kappa shape index (κ2) is 17.8. The van der Waals surface area contributed by atoms with Crippen LogP contribution in [0.4, 0.5) is 17.6 Å². The van der Waals surface area contributed by atoms with E-state index in [-0.39, 0.29) is 36.5 Å². The molecule has 0 aliphatic heterocycles. The quantitative estimate of drug-likeness (QED) is 0.0409. The van der Waals surface area contributed by atoms with Gasteiger partial charge in [0.25, 0.3) is 5.56 Å². The molecule has 10 nitrogen and oxygen atoms in total. The lowest BCUT2D eigenvalue weighted by Crippen LogP contribution is -2.42. The van der Waals surface area contributed by atoms with Gasteiger partial charge in [-0.25, -0.2) is 9.37 Å². The molecule has 1 amide bonds. The van der Waals surface area contributed by atoms with Crippen molar-refractivity contribution in [2.75, 3.05) is 46.6 Å². The fourth-order valence-electron chi connectivity index (χ4n) is 5.51. The molecule has 0 saturated carbocycles. The number of halogens is 4. The van der Waals surface area contributed by atoms with Crippen LogP contribution in [0, 0.1) is 17.3 Å². The van der Waals surface area contributed by atoms with Gasteiger partial charge < -0.3 is 14.5 Å². The summed E-state index contributed by atoms with van der Waals surface area (Å²) in [5.74, 6) is -1.11. The molecule has 270 valence electrons. The van der Waals surface area contributed by atoms with E-state index in [0.29, 0.717) is 53.1 Å². The molecule has 1 aromatic heterocycles. The number of likely N-dealkylation sites (N-methyl/N-ethyl adjacent to an activating group) is 1. The topological polar surface area (TPSA) is 116 Å². The highest BCUT2D eigenvalue weighted by Crippen LogP contribution is 2.33. The lowest BCUT2D eigenvalue weighted by Gasteiger charge is -2.34. The fraction of sp³-hybridized carbons (Fsp3) is 0.361. The Morgan fingerprint density at radius 3 is 2.47 bits per heavy atom. The van der Waals surface area contributed by atoms with Crippen LogP contribution in [-0.2, 0) is 17.4 Å². The minimum Gasteiger partial charge on any atom is -0.494 e. The van der Waals surface area contributed by atoms with E-state index in [4.69, 9.17) is 15.0 Å². The van der Waals surface area contributed by atoms with Crippen molar-refractivity contribution in [1.29, 1.82) is 5.26 Å². The average molecular weight is 726 g/mol. The second-order valence-electron chi connectivity index (χ2n) is 11.7. The number of rotatable bonds is 14. The van der Waals surface area contributed by atoms with Gasteiger partial charge in [-0.15, -0.1) is 0 Å². The summed E-state index contributed by atoms with van der Waals surface area (Å²) in [4.78, 5) is 41.4. The monoisotopic (exact) mass is 725 g/mol. The molecule has 51 heavy (non-hydrogen) atoms. The third-order valence-electron chi connectivity index (χ3n) is 7.93. The Morgan fingerprint density at radius 2 is 1.84 bits per heavy atom. The summed E-state index contributed by atoms with van der Waals surface area (Å²) >= 11 is 1.26. The first-order valence-electron chi connectivity index (χ1n) is 16.2. The molecule has 1 N–H and O–H groups in total. The van der Waals surface area contributed by atoms with Crippen LogP contribution in [0.5, 0.6) is 5.75 Å². The zero-order valence-electron chi connectivity index (χ0n) is 28.7. The van der Waals surface area contributed by atoms with Gasteiger partial charge in [-0.2, -0.15) is 18.4 Å². The Hall–Kier alpha value is -4.94. The van der Waals surface area contributed by atoms with E-state index in [1.807, 2.05) is 32.1 Å². The molecule has 0 aliphatic rings. The number of nitrogens with one attached hydrogen (secondary N) is 1. The summed E-state index contributed by atoms with van der Waals surface area (Å²) in [5, 5.41) is 12.4. The fourth-order valence-corrected chi connectivity index (χ4v) is 5.88. The number of carbonyl (C=O) groups is 1. The minimum absolute atomic E-state index is 0.0614. The average Bonchev–Trinajstić information content (AvgIpc) is 3.08. The molecule has 1 unspecified atom stereocenters. The summed E-state index contributed by atoms with van der Waals surface area (Å²) in [6.07, 6.45) is -1.01. The van der Waals surface area contributed by atoms with Crippen LogP contribution >= 0.6 is 11.8 Å². The van der Waals surface area contributed by atoms with Crippen molar-refractivity contribution in [3.8, 4) is 17.6 Å². The molecule has 0 bridgehead atoms. The van der Waals surface area contributed by atoms with Gasteiger partial charge in [0.15, 0.2) is 11.4 Å². The van der Waals surface area contributed by atoms with Gasteiger partial charge in [0, 0.05) is 19.6 Å². The molecule has 1 heterocycles. The summed E-state index contributed by atoms with van der Waals surface area (Å²) in [6.45, 7) is 3.12. The van der Waals surface area contributed by atoms with Crippen molar-refractivity contribution in [2.24, 2.45) is 4.99 Å². The van der Waals surface area contributed by atoms with Gasteiger partial charge >= 0.3 is 6.18 Å². The highest BCUT2D eigenvalue weighted by atomic mass is 32.2. The maximum Gasteiger partial charge on any atom is 0.419 e. The SMILES string of the molecule is CCOc1ccc(-n2c(C(CCCN=C(NC#N)SC)N(CCN(C)C)C(=O)Cc3ccc(C(F)(F)F)c(F)c3)nc3ccccc3c2=O)cc1. The maximum absolute atomic E-state index is 14.6. The van der Waals surface area contributed by atoms with E-state index in [1.165, 1.54) is 16.3 Å². The Labute approximate surface area is 297 Å². The van der Waals surface area contributed by atoms with Gasteiger partial charge in [-0.3, -0.25) is 24.5 Å². The molecule has 1 atom stereocenters. The van der Waals surface area contributed by atoms with Crippen LogP contribution in [0.2, 0.25) is 0 Å². The number of para-hydroxylation sites is 1. The first-order valence-corrected chi connectivity index (χ1v) is 17.4. The number of amidine groups is 1. The van der Waals surface area contributed by atoms with Crippen molar-refractivity contribution >= 4 is 33.7 Å². The number of fused-ring (bicyclic) bond motifs is 1. The van der Waals surface area contributed by atoms with Gasteiger partial charge in [-0.1, -0.05) is 30.0 Å². The molecular weight excluding hydrogens is 687 g/mol. The van der Waals surface area contributed by atoms with E-state index in [1.54, 1.807) is 59.7 Å². The zero-order valence-corrected chi connectivity index (χ0v) is 29.5. The summed E-state index contributed by atoms with van der Waals surface area (Å²) in [7, 11) is 3.65. The third-order valence-corrected chi connectivity index (χ3v) is 8.55. The number of ether oxygens (including phenoxy) is 1. The Balaban J connectivity index is 1.88. The standard InChI is InChI=1S/C36H39F4N7O3S/c1-5-50-26-15-13-25(14-16-26)47-33(44-30-10-7-6-9-27(30)34(47)49)31(11-8-18-42-35(51-4)43-23-41)46(20-19-45(2)3)32(48)22-24-12-17-28(29(37)21-24)36(38,39)40/h6-7,9-10,12-17,21,31H,5,8,11,18-20,22H2,1-4H3,(H,42,43). The second-order valence-corrected chi connectivity index (χ2v) is 12.5. The summed E-state index contributed by atoms with van der Waals surface area (Å²) < 4.78 is 61.5. The minimum atomic E-state index is -4.89. The van der Waals surface area contributed by atoms with E-state index in [0.717, 1.165) is 12.1 Å². The number of nitriles is 1. The lowest BCUT2D eigenvalue weighted by atomic mass is 10.0. The number of hydrogen-bond acceptors (Lipinski definition) is 8. The lowest BCUT2D eigenvalue weighted by molar-refractivity contribution is -0.140. The molecule has 3 aromatic carbocycles. The van der Waals surface area contributed by atoms with Gasteiger partial charge in [-0.05, 0) is 94.2 Å². The van der Waals surface area contributed by atoms with Crippen molar-refractivity contribution < 1.29 is 27.1 Å². The predicted molar refractivity (Wildman–Crippen MR) is 190 cm³/mol. The van der Waals surface area contributed by atoms with E-state index < -0.39 is 35.9 Å². The molecule has 0 radical (unpaired) electrons. The molecule has 0 saturated heterocycles. The molecule has 0 fully saturated rings. The number of benzene rings is 3. The highest BCUT2D eigenvalue weighted by Gasteiger charge is 2.35. The number of amides is 1. The number of aromatic nitrogens is 2. The number of carbonyl (C=O) groups excluding carboxylic acids is 1. The summed E-state index contributed by atoms with van der Waals surface area (Å²) in [5.41, 5.74) is -0.832. The van der Waals surface area contributed by atoms with Gasteiger partial charge in [0.05, 0.1) is 41.2 Å². The van der Waals surface area contributed by atoms with Crippen molar-refractivity contribution in [2.45, 2.75) is 38.4 Å². The largest absolute Gasteiger partial charge is 0.494 e. The molecule has 4 rings (SSSR count). The van der Waals surface area contributed by atoms with E-state index in [9.17, 15) is 27.2 Å². The van der Waals surface area contributed by atoms with Crippen LogP contribution in [0.15, 0.2) is 76.5 Å². The van der Waals surface area contributed by atoms with Crippen molar-refractivity contribution in [3.05, 3.63) is 99.9 Å².